The zero-order valence-electron chi connectivity index (χ0n) is 9.92. The lowest BCUT2D eigenvalue weighted by Crippen LogP contribution is -2.02. The largest absolute Gasteiger partial charge is 0.326 e. The Labute approximate surface area is 112 Å². The molecular weight excluding hydrogens is 255 g/mol. The number of hydrogen-bond acceptors (Lipinski definition) is 1. The smallest absolute Gasteiger partial charge is 0.124 e. The van der Waals surface area contributed by atoms with Crippen molar-refractivity contribution < 1.29 is 0 Å². The maximum Gasteiger partial charge on any atom is 0.124 e. The Morgan fingerprint density at radius 3 is 2.82 bits per heavy atom. The van der Waals surface area contributed by atoms with E-state index in [0.29, 0.717) is 5.88 Å². The molecule has 0 unspecified atom stereocenters. The quantitative estimate of drug-likeness (QED) is 0.573. The molecule has 0 aliphatic carbocycles. The molecule has 2 nitrogen and oxygen atoms in total. The molecule has 0 radical (unpaired) electrons. The summed E-state index contributed by atoms with van der Waals surface area (Å²) in [5.74, 6) is 1.34. The highest BCUT2D eigenvalue weighted by molar-refractivity contribution is 6.35. The Hall–Kier alpha value is -0.730. The molecule has 0 spiro atoms. The number of benzene rings is 1. The van der Waals surface area contributed by atoms with Crippen molar-refractivity contribution in [3.05, 3.63) is 29.0 Å². The van der Waals surface area contributed by atoms with E-state index in [4.69, 9.17) is 23.2 Å². The fourth-order valence-corrected chi connectivity index (χ4v) is 2.53. The molecule has 0 N–H and O–H groups in total. The van der Waals surface area contributed by atoms with E-state index in [1.807, 2.05) is 18.2 Å². The van der Waals surface area contributed by atoms with Crippen LogP contribution in [-0.4, -0.2) is 9.55 Å². The molecule has 0 aliphatic rings. The van der Waals surface area contributed by atoms with Gasteiger partial charge in [0.15, 0.2) is 0 Å². The molecule has 1 heterocycles. The highest BCUT2D eigenvalue weighted by Crippen LogP contribution is 2.25. The molecule has 0 saturated heterocycles. The molecule has 0 atom stereocenters. The summed E-state index contributed by atoms with van der Waals surface area (Å²) in [6, 6.07) is 5.81. The lowest BCUT2D eigenvalue weighted by atomic mass is 10.2. The van der Waals surface area contributed by atoms with E-state index in [9.17, 15) is 0 Å². The van der Waals surface area contributed by atoms with Crippen LogP contribution in [0.1, 0.15) is 32.0 Å². The molecule has 2 rings (SSSR count). The molecule has 92 valence electrons. The summed E-state index contributed by atoms with van der Waals surface area (Å²) < 4.78 is 2.15. The van der Waals surface area contributed by atoms with E-state index in [1.54, 1.807) is 0 Å². The number of unbranched alkanes of at least 4 members (excludes halogenated alkanes) is 2. The number of aryl methyl sites for hydroxylation is 1. The summed E-state index contributed by atoms with van der Waals surface area (Å²) in [6.45, 7) is 3.14. The lowest BCUT2D eigenvalue weighted by molar-refractivity contribution is 0.600. The monoisotopic (exact) mass is 270 g/mol. The Morgan fingerprint density at radius 1 is 1.29 bits per heavy atom. The van der Waals surface area contributed by atoms with E-state index in [2.05, 4.69) is 16.5 Å². The number of fused-ring (bicyclic) bond motifs is 1. The second-order valence-electron chi connectivity index (χ2n) is 4.13. The second-order valence-corrected chi connectivity index (χ2v) is 4.80. The third-order valence-electron chi connectivity index (χ3n) is 2.90. The van der Waals surface area contributed by atoms with Crippen molar-refractivity contribution >= 4 is 34.2 Å². The van der Waals surface area contributed by atoms with Crippen LogP contribution < -0.4 is 0 Å². The minimum absolute atomic E-state index is 0.428. The van der Waals surface area contributed by atoms with Crippen LogP contribution in [0, 0.1) is 0 Å². The van der Waals surface area contributed by atoms with E-state index < -0.39 is 0 Å². The van der Waals surface area contributed by atoms with Gasteiger partial charge in [0, 0.05) is 6.54 Å². The van der Waals surface area contributed by atoms with Gasteiger partial charge in [-0.1, -0.05) is 37.4 Å². The minimum Gasteiger partial charge on any atom is -0.326 e. The van der Waals surface area contributed by atoms with Crippen LogP contribution in [0.2, 0.25) is 5.02 Å². The molecule has 17 heavy (non-hydrogen) atoms. The second kappa shape index (κ2) is 5.74. The van der Waals surface area contributed by atoms with Gasteiger partial charge in [0.05, 0.1) is 21.9 Å². The Bertz CT molecular complexity index is 505. The summed E-state index contributed by atoms with van der Waals surface area (Å²) in [5, 5.41) is 0.753. The van der Waals surface area contributed by atoms with Crippen LogP contribution in [0.4, 0.5) is 0 Å². The van der Waals surface area contributed by atoms with Gasteiger partial charge in [0.25, 0.3) is 0 Å². The van der Waals surface area contributed by atoms with Gasteiger partial charge >= 0.3 is 0 Å². The van der Waals surface area contributed by atoms with E-state index in [1.165, 1.54) is 12.8 Å². The Kier molecular flexibility index (Phi) is 4.30. The van der Waals surface area contributed by atoms with Crippen LogP contribution in [0.15, 0.2) is 18.2 Å². The molecule has 0 bridgehead atoms. The number of halogens is 2. The molecule has 4 heteroatoms. The average Bonchev–Trinajstić information content (AvgIpc) is 2.69. The number of para-hydroxylation sites is 1. The number of imidazole rings is 1. The zero-order valence-corrected chi connectivity index (χ0v) is 11.4. The van der Waals surface area contributed by atoms with Gasteiger partial charge in [-0.3, -0.25) is 0 Å². The van der Waals surface area contributed by atoms with Crippen LogP contribution in [0.25, 0.3) is 11.0 Å². The predicted octanol–water partition coefficient (Wildman–Crippen LogP) is 4.62. The Morgan fingerprint density at radius 2 is 2.12 bits per heavy atom. The molecule has 0 amide bonds. The van der Waals surface area contributed by atoms with Gasteiger partial charge in [-0.15, -0.1) is 11.6 Å². The zero-order chi connectivity index (χ0) is 12.3. The molecule has 0 aliphatic heterocycles. The molecule has 1 aromatic heterocycles. The standard InChI is InChI=1S/C13H16Cl2N2/c1-2-3-4-8-17-12(9-14)16-11-7-5-6-10(15)13(11)17/h5-7H,2-4,8-9H2,1H3. The van der Waals surface area contributed by atoms with Crippen molar-refractivity contribution in [3.8, 4) is 0 Å². The Balaban J connectivity index is 2.42. The molecule has 2 aromatic rings. The van der Waals surface area contributed by atoms with Crippen molar-refractivity contribution in [2.45, 2.75) is 38.6 Å². The number of hydrogen-bond donors (Lipinski definition) is 0. The van der Waals surface area contributed by atoms with Crippen molar-refractivity contribution in [3.63, 3.8) is 0 Å². The first-order valence-electron chi connectivity index (χ1n) is 5.97. The average molecular weight is 271 g/mol. The summed E-state index contributed by atoms with van der Waals surface area (Å²) in [6.07, 6.45) is 3.56. The van der Waals surface area contributed by atoms with Crippen LogP contribution in [0.3, 0.4) is 0 Å². The van der Waals surface area contributed by atoms with Gasteiger partial charge in [-0.25, -0.2) is 4.98 Å². The first-order valence-corrected chi connectivity index (χ1v) is 6.88. The number of nitrogens with zero attached hydrogens (tertiary/aromatic N) is 2. The van der Waals surface area contributed by atoms with Crippen molar-refractivity contribution in [1.29, 1.82) is 0 Å². The van der Waals surface area contributed by atoms with Gasteiger partial charge in [-0.05, 0) is 18.6 Å². The third kappa shape index (κ3) is 2.58. The minimum atomic E-state index is 0.428. The van der Waals surface area contributed by atoms with E-state index in [-0.39, 0.29) is 0 Å². The first-order chi connectivity index (χ1) is 8.27. The molecular formula is C13H16Cl2N2. The number of alkyl halides is 1. The summed E-state index contributed by atoms with van der Waals surface area (Å²) >= 11 is 12.2. The lowest BCUT2D eigenvalue weighted by Gasteiger charge is -2.07. The van der Waals surface area contributed by atoms with Gasteiger partial charge in [0.2, 0.25) is 0 Å². The van der Waals surface area contributed by atoms with Crippen LogP contribution in [-0.2, 0) is 12.4 Å². The van der Waals surface area contributed by atoms with Crippen molar-refractivity contribution in [1.82, 2.24) is 9.55 Å². The van der Waals surface area contributed by atoms with E-state index >= 15 is 0 Å². The SMILES string of the molecule is CCCCCn1c(CCl)nc2cccc(Cl)c21. The molecule has 1 aromatic carbocycles. The first kappa shape index (κ1) is 12.7. The van der Waals surface area contributed by atoms with Crippen molar-refractivity contribution in [2.24, 2.45) is 0 Å². The van der Waals surface area contributed by atoms with Gasteiger partial charge < -0.3 is 4.57 Å². The number of rotatable bonds is 5. The maximum absolute atomic E-state index is 6.24. The van der Waals surface area contributed by atoms with Gasteiger partial charge in [0.1, 0.15) is 5.82 Å². The van der Waals surface area contributed by atoms with Gasteiger partial charge in [-0.2, -0.15) is 0 Å². The summed E-state index contributed by atoms with van der Waals surface area (Å²) in [7, 11) is 0. The van der Waals surface area contributed by atoms with E-state index in [0.717, 1.165) is 34.8 Å². The molecule has 0 saturated carbocycles. The highest BCUT2D eigenvalue weighted by atomic mass is 35.5. The fourth-order valence-electron chi connectivity index (χ4n) is 2.05. The fraction of sp³-hybridized carbons (Fsp3) is 0.462. The van der Waals surface area contributed by atoms with Crippen LogP contribution in [0.5, 0.6) is 0 Å². The maximum atomic E-state index is 6.24. The highest BCUT2D eigenvalue weighted by Gasteiger charge is 2.11. The molecule has 0 fully saturated rings. The number of aromatic nitrogens is 2. The predicted molar refractivity (Wildman–Crippen MR) is 73.8 cm³/mol. The van der Waals surface area contributed by atoms with Crippen LogP contribution >= 0.6 is 23.2 Å². The topological polar surface area (TPSA) is 17.8 Å². The summed E-state index contributed by atoms with van der Waals surface area (Å²) in [4.78, 5) is 4.52. The summed E-state index contributed by atoms with van der Waals surface area (Å²) in [5.41, 5.74) is 1.95. The third-order valence-corrected chi connectivity index (χ3v) is 3.45. The normalized spacial score (nSPS) is 11.2. The van der Waals surface area contributed by atoms with Crippen molar-refractivity contribution in [2.75, 3.05) is 0 Å².